The molecule has 3 aliphatic heterocycles. The van der Waals surface area contributed by atoms with Crippen LogP contribution in [0.5, 0.6) is 0 Å². The number of pyridine rings is 1. The minimum atomic E-state index is -4.92. The standard InChI is InChI=1S/C24H26F6N8O/c25-23(26,27)15-2-1-7-33-19(15)37-8-4-14-16(5-9-37)34-21(38-10-12-39-13-11-38)36-18(14)22(24(28,29)30)6-3-17(31)35-20(22)32/h1-3,6-7,20H,4-5,8-13,32H2,(H2,31,35). The Labute approximate surface area is 219 Å². The lowest BCUT2D eigenvalue weighted by molar-refractivity contribution is -0.182. The first-order valence-electron chi connectivity index (χ1n) is 12.3. The van der Waals surface area contributed by atoms with Gasteiger partial charge in [0, 0.05) is 38.8 Å². The number of anilines is 2. The maximum atomic E-state index is 15.0. The number of ether oxygens (including phenoxy) is 1. The second-order valence-corrected chi connectivity index (χ2v) is 9.46. The van der Waals surface area contributed by atoms with E-state index in [1.807, 2.05) is 0 Å². The molecule has 0 saturated carbocycles. The van der Waals surface area contributed by atoms with Crippen molar-refractivity contribution < 1.29 is 31.1 Å². The molecule has 5 heterocycles. The summed E-state index contributed by atoms with van der Waals surface area (Å²) in [5.41, 5.74) is 8.06. The van der Waals surface area contributed by atoms with Crippen LogP contribution < -0.4 is 21.3 Å². The summed E-state index contributed by atoms with van der Waals surface area (Å²) in [4.78, 5) is 19.9. The van der Waals surface area contributed by atoms with Gasteiger partial charge in [0.2, 0.25) is 5.95 Å². The number of halogens is 6. The zero-order valence-corrected chi connectivity index (χ0v) is 20.6. The highest BCUT2D eigenvalue weighted by Crippen LogP contribution is 2.48. The summed E-state index contributed by atoms with van der Waals surface area (Å²) in [6, 6.07) is 2.11. The van der Waals surface area contributed by atoms with E-state index in [1.165, 1.54) is 17.2 Å². The summed E-state index contributed by atoms with van der Waals surface area (Å²) in [5, 5.41) is 0. The van der Waals surface area contributed by atoms with Crippen LogP contribution in [0.3, 0.4) is 0 Å². The number of hydrogen-bond acceptors (Lipinski definition) is 9. The molecule has 1 fully saturated rings. The fourth-order valence-corrected chi connectivity index (χ4v) is 5.15. The van der Waals surface area contributed by atoms with Gasteiger partial charge in [0.05, 0.1) is 30.2 Å². The second kappa shape index (κ2) is 9.93. The van der Waals surface area contributed by atoms with Crippen molar-refractivity contribution in [3.8, 4) is 0 Å². The zero-order chi connectivity index (χ0) is 28.0. The molecule has 210 valence electrons. The number of hydrogen-bond donors (Lipinski definition) is 2. The molecule has 9 nitrogen and oxygen atoms in total. The molecule has 0 radical (unpaired) electrons. The van der Waals surface area contributed by atoms with Gasteiger partial charge in [-0.2, -0.15) is 26.3 Å². The van der Waals surface area contributed by atoms with Gasteiger partial charge in [-0.1, -0.05) is 6.08 Å². The van der Waals surface area contributed by atoms with Gasteiger partial charge in [-0.3, -0.25) is 0 Å². The number of fused-ring (bicyclic) bond motifs is 1. The van der Waals surface area contributed by atoms with E-state index in [0.717, 1.165) is 18.2 Å². The van der Waals surface area contributed by atoms with E-state index in [2.05, 4.69) is 19.9 Å². The molecule has 2 aromatic heterocycles. The molecule has 0 amide bonds. The summed E-state index contributed by atoms with van der Waals surface area (Å²) in [6.45, 7) is 1.41. The van der Waals surface area contributed by atoms with Crippen LogP contribution in [-0.4, -0.2) is 72.5 Å². The van der Waals surface area contributed by atoms with Crippen molar-refractivity contribution in [2.45, 2.75) is 36.8 Å². The molecule has 5 rings (SSSR count). The Kier molecular flexibility index (Phi) is 6.91. The molecule has 4 N–H and O–H groups in total. The van der Waals surface area contributed by atoms with Gasteiger partial charge >= 0.3 is 12.4 Å². The lowest BCUT2D eigenvalue weighted by Crippen LogP contribution is -2.56. The molecule has 0 spiro atoms. The number of amidine groups is 1. The Morgan fingerprint density at radius 2 is 1.69 bits per heavy atom. The van der Waals surface area contributed by atoms with E-state index in [9.17, 15) is 26.3 Å². The van der Waals surface area contributed by atoms with Crippen LogP contribution in [0.4, 0.5) is 38.1 Å². The molecule has 0 aliphatic carbocycles. The molecule has 1 saturated heterocycles. The molecule has 2 unspecified atom stereocenters. The minimum absolute atomic E-state index is 0.0430. The van der Waals surface area contributed by atoms with E-state index in [0.29, 0.717) is 32.0 Å². The van der Waals surface area contributed by atoms with Crippen molar-refractivity contribution in [2.24, 2.45) is 16.5 Å². The third-order valence-electron chi connectivity index (χ3n) is 7.15. The Morgan fingerprint density at radius 1 is 0.974 bits per heavy atom. The van der Waals surface area contributed by atoms with Crippen molar-refractivity contribution in [3.05, 3.63) is 53.0 Å². The van der Waals surface area contributed by atoms with Crippen molar-refractivity contribution in [3.63, 3.8) is 0 Å². The predicted octanol–water partition coefficient (Wildman–Crippen LogP) is 2.34. The second-order valence-electron chi connectivity index (χ2n) is 9.46. The summed E-state index contributed by atoms with van der Waals surface area (Å²) in [6.07, 6.45) is -8.25. The molecule has 2 aromatic rings. The summed E-state index contributed by atoms with van der Waals surface area (Å²) < 4.78 is 91.4. The van der Waals surface area contributed by atoms with E-state index >= 15 is 0 Å². The first-order chi connectivity index (χ1) is 18.4. The van der Waals surface area contributed by atoms with Gasteiger partial charge in [-0.15, -0.1) is 0 Å². The van der Waals surface area contributed by atoms with E-state index in [-0.39, 0.29) is 54.8 Å². The van der Waals surface area contributed by atoms with Crippen molar-refractivity contribution in [1.29, 1.82) is 0 Å². The van der Waals surface area contributed by atoms with Crippen LogP contribution >= 0.6 is 0 Å². The average Bonchev–Trinajstić information content (AvgIpc) is 3.10. The summed E-state index contributed by atoms with van der Waals surface area (Å²) >= 11 is 0. The molecular formula is C24H26F6N8O. The number of dihydropyridines is 1. The number of morpholine rings is 1. The number of aromatic nitrogens is 3. The topological polar surface area (TPSA) is 119 Å². The van der Waals surface area contributed by atoms with Crippen LogP contribution in [-0.2, 0) is 29.2 Å². The third kappa shape index (κ3) is 4.88. The zero-order valence-electron chi connectivity index (χ0n) is 20.6. The molecular weight excluding hydrogens is 530 g/mol. The Morgan fingerprint density at radius 3 is 2.36 bits per heavy atom. The highest BCUT2D eigenvalue weighted by atomic mass is 19.4. The van der Waals surface area contributed by atoms with E-state index in [4.69, 9.17) is 16.2 Å². The van der Waals surface area contributed by atoms with Gasteiger partial charge in [0.25, 0.3) is 0 Å². The van der Waals surface area contributed by atoms with Crippen molar-refractivity contribution in [2.75, 3.05) is 49.2 Å². The van der Waals surface area contributed by atoms with Crippen LogP contribution in [0.2, 0.25) is 0 Å². The van der Waals surface area contributed by atoms with Gasteiger partial charge in [0.1, 0.15) is 17.8 Å². The van der Waals surface area contributed by atoms with Gasteiger partial charge < -0.3 is 26.0 Å². The molecule has 2 atom stereocenters. The van der Waals surface area contributed by atoms with Crippen LogP contribution in [0, 0.1) is 0 Å². The smallest absolute Gasteiger partial charge is 0.384 e. The SMILES string of the molecule is NC1=NC(N)C(c2nc(N3CCOCC3)nc3c2CCN(c2ncccc2C(F)(F)F)CC3)(C(F)(F)F)C=C1. The highest BCUT2D eigenvalue weighted by Gasteiger charge is 2.61. The molecule has 39 heavy (non-hydrogen) atoms. The van der Waals surface area contributed by atoms with Gasteiger partial charge in [0.15, 0.2) is 5.41 Å². The van der Waals surface area contributed by atoms with E-state index in [1.54, 1.807) is 4.90 Å². The molecule has 3 aliphatic rings. The van der Waals surface area contributed by atoms with Crippen LogP contribution in [0.25, 0.3) is 0 Å². The first-order valence-corrected chi connectivity index (χ1v) is 12.3. The fourth-order valence-electron chi connectivity index (χ4n) is 5.15. The van der Waals surface area contributed by atoms with Crippen molar-refractivity contribution in [1.82, 2.24) is 15.0 Å². The minimum Gasteiger partial charge on any atom is -0.384 e. The number of nitrogens with zero attached hydrogens (tertiary/aromatic N) is 6. The van der Waals surface area contributed by atoms with E-state index < -0.39 is 29.5 Å². The summed E-state index contributed by atoms with van der Waals surface area (Å²) in [7, 11) is 0. The Hall–Kier alpha value is -3.46. The lowest BCUT2D eigenvalue weighted by Gasteiger charge is -2.39. The van der Waals surface area contributed by atoms with Gasteiger partial charge in [-0.25, -0.2) is 19.9 Å². The Bertz CT molecular complexity index is 1290. The first kappa shape index (κ1) is 27.1. The summed E-state index contributed by atoms with van der Waals surface area (Å²) in [5.74, 6) is -0.379. The maximum absolute atomic E-state index is 15.0. The lowest BCUT2D eigenvalue weighted by atomic mass is 9.76. The number of nitrogens with two attached hydrogens (primary N) is 2. The number of rotatable bonds is 3. The van der Waals surface area contributed by atoms with Crippen LogP contribution in [0.1, 0.15) is 22.5 Å². The highest BCUT2D eigenvalue weighted by molar-refractivity contribution is 5.92. The monoisotopic (exact) mass is 556 g/mol. The predicted molar refractivity (Wildman–Crippen MR) is 130 cm³/mol. The Balaban J connectivity index is 1.64. The van der Waals surface area contributed by atoms with Crippen LogP contribution in [0.15, 0.2) is 35.5 Å². The quantitative estimate of drug-likeness (QED) is 0.554. The maximum Gasteiger partial charge on any atom is 0.419 e. The van der Waals surface area contributed by atoms with Crippen molar-refractivity contribution >= 4 is 17.6 Å². The average molecular weight is 557 g/mol. The number of alkyl halides is 6. The molecule has 0 aromatic carbocycles. The molecule has 0 bridgehead atoms. The normalized spacial score (nSPS) is 24.3. The largest absolute Gasteiger partial charge is 0.419 e. The number of aliphatic imine (C=N–C) groups is 1. The molecule has 15 heteroatoms. The van der Waals surface area contributed by atoms with Gasteiger partial charge in [-0.05, 0) is 30.2 Å². The third-order valence-corrected chi connectivity index (χ3v) is 7.15. The fraction of sp³-hybridized carbons (Fsp3) is 0.500.